The lowest BCUT2D eigenvalue weighted by Gasteiger charge is -2.08. The summed E-state index contributed by atoms with van der Waals surface area (Å²) in [5.41, 5.74) is -0.462. The molecule has 0 spiro atoms. The van der Waals surface area contributed by atoms with E-state index in [1.165, 1.54) is 0 Å². The van der Waals surface area contributed by atoms with E-state index in [2.05, 4.69) is 10.1 Å². The van der Waals surface area contributed by atoms with Crippen LogP contribution in [-0.4, -0.2) is 37.8 Å². The lowest BCUT2D eigenvalue weighted by atomic mass is 10.3. The van der Waals surface area contributed by atoms with Crippen LogP contribution in [0.2, 0.25) is 0 Å². The first kappa shape index (κ1) is 12.8. The van der Waals surface area contributed by atoms with Gasteiger partial charge in [0.2, 0.25) is 0 Å². The van der Waals surface area contributed by atoms with E-state index in [1.54, 1.807) is 5.32 Å². The minimum absolute atomic E-state index is 0.174. The van der Waals surface area contributed by atoms with Gasteiger partial charge in [0.15, 0.2) is 5.65 Å². The van der Waals surface area contributed by atoms with Crippen LogP contribution in [0, 0.1) is 0 Å². The van der Waals surface area contributed by atoms with Crippen molar-refractivity contribution in [2.75, 3.05) is 5.32 Å². The average molecular weight is 274 g/mol. The number of nitrogens with zero attached hydrogens (tertiary/aromatic N) is 3. The quantitative estimate of drug-likeness (QED) is 0.849. The molecule has 0 bridgehead atoms. The highest BCUT2D eigenvalue weighted by Gasteiger charge is 2.39. The Morgan fingerprint density at radius 3 is 2.63 bits per heavy atom. The number of carboxylic acid groups (broad SMARTS) is 1. The number of amides is 1. The van der Waals surface area contributed by atoms with Gasteiger partial charge in [-0.05, 0) is 6.07 Å². The summed E-state index contributed by atoms with van der Waals surface area (Å²) in [5, 5.41) is 14.0. The predicted octanol–water partition coefficient (Wildman–Crippen LogP) is 0.928. The van der Waals surface area contributed by atoms with Crippen molar-refractivity contribution in [3.63, 3.8) is 0 Å². The molecule has 2 N–H and O–H groups in total. The van der Waals surface area contributed by atoms with Crippen LogP contribution in [0.3, 0.4) is 0 Å². The number of nitrogens with one attached hydrogen (secondary N) is 1. The summed E-state index contributed by atoms with van der Waals surface area (Å²) in [6, 6.07) is 1.06. The van der Waals surface area contributed by atoms with E-state index in [0.717, 1.165) is 23.0 Å². The van der Waals surface area contributed by atoms with E-state index in [0.29, 0.717) is 0 Å². The van der Waals surface area contributed by atoms with Crippen molar-refractivity contribution in [1.29, 1.82) is 0 Å². The second-order valence-electron chi connectivity index (χ2n) is 3.38. The van der Waals surface area contributed by atoms with E-state index >= 15 is 0 Å². The number of alkyl halides is 3. The molecule has 0 aliphatic heterocycles. The van der Waals surface area contributed by atoms with Gasteiger partial charge in [-0.25, -0.2) is 9.78 Å². The monoisotopic (exact) mass is 274 g/mol. The number of carbonyl (C=O) groups is 2. The van der Waals surface area contributed by atoms with Crippen molar-refractivity contribution < 1.29 is 27.9 Å². The molecule has 10 heteroatoms. The SMILES string of the molecule is O=C(O)c1cnn2c(NC(=O)C(F)(F)F)ccnc12. The molecule has 2 aromatic rings. The molecule has 0 atom stereocenters. The zero-order valence-electron chi connectivity index (χ0n) is 8.97. The number of hydrogen-bond donors (Lipinski definition) is 2. The molecule has 2 heterocycles. The number of carboxylic acids is 1. The van der Waals surface area contributed by atoms with E-state index in [1.807, 2.05) is 0 Å². The van der Waals surface area contributed by atoms with Crippen LogP contribution in [0.5, 0.6) is 0 Å². The topological polar surface area (TPSA) is 96.6 Å². The van der Waals surface area contributed by atoms with Crippen LogP contribution < -0.4 is 5.32 Å². The van der Waals surface area contributed by atoms with Crippen molar-refractivity contribution >= 4 is 23.3 Å². The van der Waals surface area contributed by atoms with Gasteiger partial charge in [0.25, 0.3) is 0 Å². The molecule has 0 saturated carbocycles. The molecular formula is C9H5F3N4O3. The fraction of sp³-hybridized carbons (Fsp3) is 0.111. The van der Waals surface area contributed by atoms with Gasteiger partial charge in [0, 0.05) is 6.20 Å². The van der Waals surface area contributed by atoms with Crippen molar-refractivity contribution in [2.24, 2.45) is 0 Å². The van der Waals surface area contributed by atoms with E-state index < -0.39 is 18.1 Å². The summed E-state index contributed by atoms with van der Waals surface area (Å²) in [6.07, 6.45) is -3.07. The second-order valence-corrected chi connectivity index (χ2v) is 3.38. The van der Waals surface area contributed by atoms with Gasteiger partial charge < -0.3 is 10.4 Å². The molecule has 2 aromatic heterocycles. The lowest BCUT2D eigenvalue weighted by molar-refractivity contribution is -0.167. The van der Waals surface area contributed by atoms with E-state index in [9.17, 15) is 22.8 Å². The number of fused-ring (bicyclic) bond motifs is 1. The zero-order valence-corrected chi connectivity index (χ0v) is 8.97. The minimum atomic E-state index is -5.06. The smallest absolute Gasteiger partial charge is 0.471 e. The highest BCUT2D eigenvalue weighted by atomic mass is 19.4. The molecular weight excluding hydrogens is 269 g/mol. The van der Waals surface area contributed by atoms with Gasteiger partial charge in [-0.2, -0.15) is 22.8 Å². The van der Waals surface area contributed by atoms with Crippen LogP contribution in [0.25, 0.3) is 5.65 Å². The first-order valence-corrected chi connectivity index (χ1v) is 4.75. The number of anilines is 1. The number of halogens is 3. The van der Waals surface area contributed by atoms with Crippen molar-refractivity contribution in [3.8, 4) is 0 Å². The van der Waals surface area contributed by atoms with E-state index in [4.69, 9.17) is 5.11 Å². The molecule has 0 aliphatic rings. The molecule has 0 aliphatic carbocycles. The molecule has 0 fully saturated rings. The Labute approximate surface area is 102 Å². The van der Waals surface area contributed by atoms with Gasteiger partial charge in [0.05, 0.1) is 6.20 Å². The van der Waals surface area contributed by atoms with Gasteiger partial charge >= 0.3 is 18.1 Å². The average Bonchev–Trinajstić information content (AvgIpc) is 2.72. The highest BCUT2D eigenvalue weighted by Crippen LogP contribution is 2.19. The van der Waals surface area contributed by atoms with Gasteiger partial charge in [0.1, 0.15) is 11.4 Å². The third-order valence-corrected chi connectivity index (χ3v) is 2.13. The van der Waals surface area contributed by atoms with Crippen LogP contribution in [0.4, 0.5) is 19.0 Å². The van der Waals surface area contributed by atoms with Gasteiger partial charge in [-0.3, -0.25) is 4.79 Å². The fourth-order valence-electron chi connectivity index (χ4n) is 1.32. The Balaban J connectivity index is 2.46. The third kappa shape index (κ3) is 2.32. The van der Waals surface area contributed by atoms with Crippen molar-refractivity contribution in [3.05, 3.63) is 24.0 Å². The van der Waals surface area contributed by atoms with Crippen LogP contribution in [0.15, 0.2) is 18.5 Å². The van der Waals surface area contributed by atoms with Crippen molar-refractivity contribution in [2.45, 2.75) is 6.18 Å². The maximum Gasteiger partial charge on any atom is 0.471 e. The minimum Gasteiger partial charge on any atom is -0.477 e. The summed E-state index contributed by atoms with van der Waals surface area (Å²) in [7, 11) is 0. The Morgan fingerprint density at radius 1 is 1.37 bits per heavy atom. The summed E-state index contributed by atoms with van der Waals surface area (Å²) < 4.78 is 37.1. The maximum atomic E-state index is 12.1. The Hall–Kier alpha value is -2.65. The number of hydrogen-bond acceptors (Lipinski definition) is 4. The molecule has 0 unspecified atom stereocenters. The van der Waals surface area contributed by atoms with Gasteiger partial charge in [-0.1, -0.05) is 0 Å². The first-order valence-electron chi connectivity index (χ1n) is 4.75. The number of rotatable bonds is 2. The van der Waals surface area contributed by atoms with Crippen LogP contribution in [-0.2, 0) is 4.79 Å². The summed E-state index contributed by atoms with van der Waals surface area (Å²) in [4.78, 5) is 25.3. The Morgan fingerprint density at radius 2 is 2.05 bits per heavy atom. The molecule has 100 valence electrons. The molecule has 7 nitrogen and oxygen atoms in total. The summed E-state index contributed by atoms with van der Waals surface area (Å²) in [5.74, 6) is -3.85. The Bertz CT molecular complexity index is 664. The summed E-state index contributed by atoms with van der Waals surface area (Å²) in [6.45, 7) is 0. The normalized spacial score (nSPS) is 11.5. The number of carbonyl (C=O) groups excluding carboxylic acids is 1. The largest absolute Gasteiger partial charge is 0.477 e. The number of aromatic carboxylic acids is 1. The molecule has 2 rings (SSSR count). The lowest BCUT2D eigenvalue weighted by Crippen LogP contribution is -2.30. The predicted molar refractivity (Wildman–Crippen MR) is 54.6 cm³/mol. The molecule has 1 amide bonds. The van der Waals surface area contributed by atoms with Crippen molar-refractivity contribution in [1.82, 2.24) is 14.6 Å². The maximum absolute atomic E-state index is 12.1. The molecule has 0 saturated heterocycles. The highest BCUT2D eigenvalue weighted by molar-refractivity contribution is 5.96. The number of aromatic nitrogens is 3. The molecule has 19 heavy (non-hydrogen) atoms. The Kier molecular flexibility index (Phi) is 2.85. The third-order valence-electron chi connectivity index (χ3n) is 2.13. The molecule has 0 radical (unpaired) electrons. The fourth-order valence-corrected chi connectivity index (χ4v) is 1.32. The summed E-state index contributed by atoms with van der Waals surface area (Å²) >= 11 is 0. The van der Waals surface area contributed by atoms with Crippen LogP contribution in [0.1, 0.15) is 10.4 Å². The first-order chi connectivity index (χ1) is 8.80. The molecule has 0 aromatic carbocycles. The van der Waals surface area contributed by atoms with E-state index in [-0.39, 0.29) is 17.0 Å². The standard InChI is InChI=1S/C9H5F3N4O3/c10-9(11,12)8(19)15-5-1-2-13-6-4(7(17)18)3-14-16(5)6/h1-3H,(H,15,19)(H,17,18). The van der Waals surface area contributed by atoms with Crippen LogP contribution >= 0.6 is 0 Å². The van der Waals surface area contributed by atoms with Gasteiger partial charge in [-0.15, -0.1) is 0 Å². The zero-order chi connectivity index (χ0) is 14.2. The second kappa shape index (κ2) is 4.23.